The van der Waals surface area contributed by atoms with E-state index in [9.17, 15) is 13.2 Å². The number of ether oxygens (including phenoxy) is 1. The molecule has 0 amide bonds. The minimum atomic E-state index is -3.92. The highest BCUT2D eigenvalue weighted by Gasteiger charge is 2.38. The molecule has 3 heterocycles. The molecule has 1 N–H and O–H groups in total. The number of sulfonamides is 1. The lowest BCUT2D eigenvalue weighted by molar-refractivity contribution is -0.136. The van der Waals surface area contributed by atoms with Crippen LogP contribution in [0.5, 0.6) is 0 Å². The van der Waals surface area contributed by atoms with E-state index in [0.29, 0.717) is 28.9 Å². The molecule has 186 valence electrons. The van der Waals surface area contributed by atoms with Crippen molar-refractivity contribution >= 4 is 49.5 Å². The topological polar surface area (TPSA) is 101 Å². The Morgan fingerprint density at radius 2 is 2.00 bits per heavy atom. The Labute approximate surface area is 214 Å². The van der Waals surface area contributed by atoms with Gasteiger partial charge in [0.1, 0.15) is 4.90 Å². The van der Waals surface area contributed by atoms with Gasteiger partial charge in [-0.05, 0) is 42.7 Å². The maximum absolute atomic E-state index is 13.4. The SMILES string of the molecule is CCC1=C(C(=O)OC)C(c2cccc(NS(=O)(=O)c3cccc4cccnc34)c2)N2CCCSC2=N1. The van der Waals surface area contributed by atoms with Crippen LogP contribution in [0.4, 0.5) is 5.69 Å². The Morgan fingerprint density at radius 1 is 1.19 bits per heavy atom. The average Bonchev–Trinajstić information content (AvgIpc) is 2.91. The second-order valence-electron chi connectivity index (χ2n) is 8.46. The van der Waals surface area contributed by atoms with Crippen LogP contribution in [-0.4, -0.2) is 48.8 Å². The summed E-state index contributed by atoms with van der Waals surface area (Å²) in [5.41, 5.74) is 2.78. The molecule has 10 heteroatoms. The number of aromatic nitrogens is 1. The summed E-state index contributed by atoms with van der Waals surface area (Å²) in [5.74, 6) is 0.536. The van der Waals surface area contributed by atoms with Gasteiger partial charge in [-0.25, -0.2) is 18.2 Å². The number of carbonyl (C=O) groups excluding carboxylic acids is 1. The van der Waals surface area contributed by atoms with Crippen LogP contribution in [0.2, 0.25) is 0 Å². The molecule has 0 spiro atoms. The molecule has 8 nitrogen and oxygen atoms in total. The first-order valence-corrected chi connectivity index (χ1v) is 14.2. The smallest absolute Gasteiger partial charge is 0.338 e. The lowest BCUT2D eigenvalue weighted by Crippen LogP contribution is -2.42. The number of carbonyl (C=O) groups is 1. The molecule has 1 unspecified atom stereocenters. The van der Waals surface area contributed by atoms with Gasteiger partial charge in [0.05, 0.1) is 29.9 Å². The van der Waals surface area contributed by atoms with E-state index in [-0.39, 0.29) is 4.90 Å². The molecule has 2 aliphatic heterocycles. The first kappa shape index (κ1) is 24.3. The number of pyridine rings is 1. The number of hydrogen-bond acceptors (Lipinski definition) is 8. The number of nitrogens with zero attached hydrogens (tertiary/aromatic N) is 3. The van der Waals surface area contributed by atoms with Crippen LogP contribution in [0, 0.1) is 0 Å². The largest absolute Gasteiger partial charge is 0.466 e. The van der Waals surface area contributed by atoms with Crippen molar-refractivity contribution in [2.45, 2.75) is 30.7 Å². The summed E-state index contributed by atoms with van der Waals surface area (Å²) in [4.78, 5) is 24.2. The molecule has 5 rings (SSSR count). The fraction of sp³-hybridized carbons (Fsp3) is 0.269. The molecule has 0 radical (unpaired) electrons. The Morgan fingerprint density at radius 3 is 2.81 bits per heavy atom. The molecule has 1 atom stereocenters. The standard InChI is InChI=1S/C26H26N4O4S2/c1-3-20-22(25(31)34-2)24(30-14-7-15-35-26(30)28-20)18-9-4-11-19(16-18)29-36(32,33)21-12-5-8-17-10-6-13-27-23(17)21/h4-6,8-13,16,24,29H,3,7,14-15H2,1-2H3. The molecule has 2 aliphatic rings. The predicted molar refractivity (Wildman–Crippen MR) is 142 cm³/mol. The van der Waals surface area contributed by atoms with Gasteiger partial charge in [0.15, 0.2) is 5.17 Å². The van der Waals surface area contributed by atoms with Gasteiger partial charge in [0.25, 0.3) is 10.0 Å². The summed E-state index contributed by atoms with van der Waals surface area (Å²) in [7, 11) is -2.55. The number of benzene rings is 2. The number of allylic oxidation sites excluding steroid dienone is 1. The summed E-state index contributed by atoms with van der Waals surface area (Å²) in [6.07, 6.45) is 3.11. The van der Waals surface area contributed by atoms with Crippen LogP contribution in [0.3, 0.4) is 0 Å². The summed E-state index contributed by atoms with van der Waals surface area (Å²) >= 11 is 1.67. The zero-order valence-electron chi connectivity index (χ0n) is 20.0. The van der Waals surface area contributed by atoms with E-state index in [2.05, 4.69) is 14.6 Å². The molecule has 3 aromatic rings. The number of fused-ring (bicyclic) bond motifs is 2. The first-order chi connectivity index (χ1) is 17.4. The summed E-state index contributed by atoms with van der Waals surface area (Å²) < 4.78 is 34.6. The summed E-state index contributed by atoms with van der Waals surface area (Å²) in [5, 5.41) is 1.62. The number of rotatable bonds is 6. The van der Waals surface area contributed by atoms with Gasteiger partial charge < -0.3 is 9.64 Å². The summed E-state index contributed by atoms with van der Waals surface area (Å²) in [6, 6.07) is 15.4. The monoisotopic (exact) mass is 522 g/mol. The Kier molecular flexibility index (Phi) is 6.72. The number of esters is 1. The third-order valence-electron chi connectivity index (χ3n) is 6.23. The van der Waals surface area contributed by atoms with Crippen LogP contribution in [0.15, 0.2) is 82.0 Å². The molecule has 1 fully saturated rings. The Hall–Kier alpha value is -3.37. The lowest BCUT2D eigenvalue weighted by atomic mass is 9.93. The van der Waals surface area contributed by atoms with E-state index in [4.69, 9.17) is 9.73 Å². The van der Waals surface area contributed by atoms with Gasteiger partial charge in [-0.2, -0.15) is 0 Å². The van der Waals surface area contributed by atoms with Crippen LogP contribution < -0.4 is 4.72 Å². The number of anilines is 1. The predicted octanol–water partition coefficient (Wildman–Crippen LogP) is 4.72. The maximum Gasteiger partial charge on any atom is 0.338 e. The zero-order valence-corrected chi connectivity index (χ0v) is 21.6. The van der Waals surface area contributed by atoms with Crippen molar-refractivity contribution in [2.75, 3.05) is 24.1 Å². The van der Waals surface area contributed by atoms with Crippen molar-refractivity contribution < 1.29 is 17.9 Å². The number of amidine groups is 1. The molecular formula is C26H26N4O4S2. The van der Waals surface area contributed by atoms with E-state index in [1.807, 2.05) is 25.1 Å². The highest BCUT2D eigenvalue weighted by molar-refractivity contribution is 8.13. The van der Waals surface area contributed by atoms with Crippen LogP contribution >= 0.6 is 11.8 Å². The highest BCUT2D eigenvalue weighted by Crippen LogP contribution is 2.41. The minimum Gasteiger partial charge on any atom is -0.466 e. The van der Waals surface area contributed by atoms with Crippen LogP contribution in [0.25, 0.3) is 10.9 Å². The zero-order chi connectivity index (χ0) is 25.3. The second-order valence-corrected chi connectivity index (χ2v) is 11.2. The summed E-state index contributed by atoms with van der Waals surface area (Å²) in [6.45, 7) is 2.71. The van der Waals surface area contributed by atoms with E-state index < -0.39 is 22.0 Å². The highest BCUT2D eigenvalue weighted by atomic mass is 32.2. The first-order valence-electron chi connectivity index (χ1n) is 11.7. The molecule has 1 saturated heterocycles. The third-order valence-corrected chi connectivity index (χ3v) is 8.72. The van der Waals surface area contributed by atoms with E-state index in [0.717, 1.165) is 34.8 Å². The number of aliphatic imine (C=N–C) groups is 1. The fourth-order valence-corrected chi connectivity index (χ4v) is 6.86. The van der Waals surface area contributed by atoms with Crippen molar-refractivity contribution in [1.29, 1.82) is 0 Å². The Balaban J connectivity index is 1.55. The third kappa shape index (κ3) is 4.46. The van der Waals surface area contributed by atoms with Gasteiger partial charge in [0, 0.05) is 29.6 Å². The fourth-order valence-electron chi connectivity index (χ4n) is 4.63. The van der Waals surface area contributed by atoms with Crippen molar-refractivity contribution in [3.05, 3.63) is 77.6 Å². The van der Waals surface area contributed by atoms with Crippen molar-refractivity contribution in [2.24, 2.45) is 4.99 Å². The number of nitrogens with one attached hydrogen (secondary N) is 1. The van der Waals surface area contributed by atoms with Crippen LogP contribution in [-0.2, 0) is 19.6 Å². The van der Waals surface area contributed by atoms with E-state index in [1.54, 1.807) is 54.4 Å². The molecule has 0 aliphatic carbocycles. The Bertz CT molecular complexity index is 1500. The van der Waals surface area contributed by atoms with Crippen molar-refractivity contribution in [3.63, 3.8) is 0 Å². The second kappa shape index (κ2) is 9.94. The average molecular weight is 523 g/mol. The van der Waals surface area contributed by atoms with E-state index >= 15 is 0 Å². The maximum atomic E-state index is 13.4. The molecular weight excluding hydrogens is 496 g/mol. The number of methoxy groups -OCH3 is 1. The van der Waals surface area contributed by atoms with E-state index in [1.165, 1.54) is 7.11 Å². The molecule has 0 saturated carbocycles. The van der Waals surface area contributed by atoms with Crippen LogP contribution in [0.1, 0.15) is 31.4 Å². The van der Waals surface area contributed by atoms with Crippen molar-refractivity contribution in [3.8, 4) is 0 Å². The van der Waals surface area contributed by atoms with Gasteiger partial charge in [-0.15, -0.1) is 0 Å². The minimum absolute atomic E-state index is 0.105. The number of para-hydroxylation sites is 1. The van der Waals surface area contributed by atoms with Crippen molar-refractivity contribution in [1.82, 2.24) is 9.88 Å². The molecule has 36 heavy (non-hydrogen) atoms. The molecule has 0 bridgehead atoms. The van der Waals surface area contributed by atoms with Gasteiger partial charge in [0.2, 0.25) is 0 Å². The van der Waals surface area contributed by atoms with Gasteiger partial charge >= 0.3 is 5.97 Å². The quantitative estimate of drug-likeness (QED) is 0.468. The number of hydrogen-bond donors (Lipinski definition) is 1. The molecule has 2 aromatic carbocycles. The van der Waals surface area contributed by atoms with Gasteiger partial charge in [-0.3, -0.25) is 9.71 Å². The molecule has 1 aromatic heterocycles. The lowest BCUT2D eigenvalue weighted by Gasteiger charge is -2.40. The van der Waals surface area contributed by atoms with Gasteiger partial charge in [-0.1, -0.05) is 49.0 Å². The normalized spacial score (nSPS) is 18.0. The number of thioether (sulfide) groups is 1.